The molecule has 1 heterocycles. The maximum atomic E-state index is 5.84. The van der Waals surface area contributed by atoms with Gasteiger partial charge in [0.25, 0.3) is 0 Å². The third kappa shape index (κ3) is 5.05. The minimum atomic E-state index is 0.575. The lowest BCUT2D eigenvalue weighted by Crippen LogP contribution is -2.29. The summed E-state index contributed by atoms with van der Waals surface area (Å²) in [6, 6.07) is 6.03. The van der Waals surface area contributed by atoms with Gasteiger partial charge in [-0.25, -0.2) is 4.98 Å². The van der Waals surface area contributed by atoms with Gasteiger partial charge in [-0.2, -0.15) is 0 Å². The average Bonchev–Trinajstić information content (AvgIpc) is 3.00. The molecule has 0 spiro atoms. The van der Waals surface area contributed by atoms with Crippen molar-refractivity contribution in [3.05, 3.63) is 42.5 Å². The maximum Gasteiger partial charge on any atom is 0.161 e. The Morgan fingerprint density at radius 2 is 2.09 bits per heavy atom. The van der Waals surface area contributed by atoms with Crippen LogP contribution in [0.1, 0.15) is 12.5 Å². The number of imidazole rings is 1. The van der Waals surface area contributed by atoms with Gasteiger partial charge in [0.15, 0.2) is 11.5 Å². The van der Waals surface area contributed by atoms with Gasteiger partial charge in [-0.05, 0) is 24.6 Å². The third-order valence-corrected chi connectivity index (χ3v) is 3.07. The quantitative estimate of drug-likeness (QED) is 0.717. The molecule has 0 bridgehead atoms. The SMILES string of the molecule is CCOc1cc(CNN(C)C)ccc1OCCn1ccnc1. The van der Waals surface area contributed by atoms with E-state index in [4.69, 9.17) is 9.47 Å². The maximum absolute atomic E-state index is 5.84. The van der Waals surface area contributed by atoms with Crippen LogP contribution < -0.4 is 14.9 Å². The van der Waals surface area contributed by atoms with Crippen LogP contribution in [0.15, 0.2) is 36.9 Å². The largest absolute Gasteiger partial charge is 0.490 e. The molecule has 0 saturated heterocycles. The van der Waals surface area contributed by atoms with Crippen LogP contribution in [0.3, 0.4) is 0 Å². The molecule has 1 aromatic heterocycles. The van der Waals surface area contributed by atoms with Gasteiger partial charge in [0.05, 0.1) is 19.5 Å². The second kappa shape index (κ2) is 8.41. The van der Waals surface area contributed by atoms with Gasteiger partial charge in [0.1, 0.15) is 6.61 Å². The summed E-state index contributed by atoms with van der Waals surface area (Å²) in [5, 5.41) is 1.93. The molecule has 0 aliphatic heterocycles. The molecule has 6 nitrogen and oxygen atoms in total. The van der Waals surface area contributed by atoms with Gasteiger partial charge >= 0.3 is 0 Å². The van der Waals surface area contributed by atoms with Crippen molar-refractivity contribution in [2.75, 3.05) is 27.3 Å². The Bertz CT molecular complexity index is 555. The lowest BCUT2D eigenvalue weighted by atomic mass is 10.2. The third-order valence-electron chi connectivity index (χ3n) is 3.07. The number of benzene rings is 1. The van der Waals surface area contributed by atoms with Crippen molar-refractivity contribution in [3.63, 3.8) is 0 Å². The first-order chi connectivity index (χ1) is 10.7. The zero-order valence-electron chi connectivity index (χ0n) is 13.5. The minimum absolute atomic E-state index is 0.575. The van der Waals surface area contributed by atoms with Crippen LogP contribution in [-0.4, -0.2) is 41.9 Å². The van der Waals surface area contributed by atoms with E-state index >= 15 is 0 Å². The fourth-order valence-corrected chi connectivity index (χ4v) is 1.98. The molecule has 120 valence electrons. The number of nitrogens with zero attached hydrogens (tertiary/aromatic N) is 3. The van der Waals surface area contributed by atoms with Crippen LogP contribution in [0.5, 0.6) is 11.5 Å². The van der Waals surface area contributed by atoms with Gasteiger partial charge in [-0.3, -0.25) is 10.4 Å². The Morgan fingerprint density at radius 1 is 1.23 bits per heavy atom. The van der Waals surface area contributed by atoms with Crippen LogP contribution in [0.4, 0.5) is 0 Å². The zero-order valence-corrected chi connectivity index (χ0v) is 13.5. The molecule has 0 atom stereocenters. The molecule has 22 heavy (non-hydrogen) atoms. The second-order valence-electron chi connectivity index (χ2n) is 5.09. The average molecular weight is 304 g/mol. The van der Waals surface area contributed by atoms with E-state index in [1.54, 1.807) is 12.5 Å². The lowest BCUT2D eigenvalue weighted by Gasteiger charge is -2.15. The van der Waals surface area contributed by atoms with Crippen molar-refractivity contribution in [2.24, 2.45) is 0 Å². The summed E-state index contributed by atoms with van der Waals surface area (Å²) < 4.78 is 13.5. The number of aromatic nitrogens is 2. The van der Waals surface area contributed by atoms with Crippen molar-refractivity contribution in [2.45, 2.75) is 20.0 Å². The van der Waals surface area contributed by atoms with Crippen LogP contribution in [0.25, 0.3) is 0 Å². The molecule has 0 aliphatic carbocycles. The van der Waals surface area contributed by atoms with Crippen molar-refractivity contribution in [3.8, 4) is 11.5 Å². The summed E-state index contributed by atoms with van der Waals surface area (Å²) in [6.07, 6.45) is 5.46. The monoisotopic (exact) mass is 304 g/mol. The van der Waals surface area contributed by atoms with E-state index in [0.29, 0.717) is 13.2 Å². The van der Waals surface area contributed by atoms with Gasteiger partial charge in [-0.15, -0.1) is 0 Å². The van der Waals surface area contributed by atoms with Gasteiger partial charge in [-0.1, -0.05) is 6.07 Å². The number of nitrogens with one attached hydrogen (secondary N) is 1. The number of rotatable bonds is 9. The van der Waals surface area contributed by atoms with Gasteiger partial charge in [0, 0.05) is 33.0 Å². The Morgan fingerprint density at radius 3 is 2.77 bits per heavy atom. The summed E-state index contributed by atoms with van der Waals surface area (Å²) in [5.41, 5.74) is 4.39. The van der Waals surface area contributed by atoms with E-state index < -0.39 is 0 Å². The highest BCUT2D eigenvalue weighted by Crippen LogP contribution is 2.28. The number of hydrazine groups is 1. The van der Waals surface area contributed by atoms with Crippen LogP contribution >= 0.6 is 0 Å². The topological polar surface area (TPSA) is 51.6 Å². The van der Waals surface area contributed by atoms with Crippen LogP contribution in [-0.2, 0) is 13.1 Å². The summed E-state index contributed by atoms with van der Waals surface area (Å²) in [7, 11) is 3.94. The molecule has 2 rings (SSSR count). The Hall–Kier alpha value is -2.05. The molecule has 0 aliphatic rings. The van der Waals surface area contributed by atoms with Crippen molar-refractivity contribution in [1.29, 1.82) is 0 Å². The Kier molecular flexibility index (Phi) is 6.24. The highest BCUT2D eigenvalue weighted by Gasteiger charge is 2.07. The number of hydrogen-bond donors (Lipinski definition) is 1. The first kappa shape index (κ1) is 16.3. The van der Waals surface area contributed by atoms with Gasteiger partial charge in [0.2, 0.25) is 0 Å². The molecule has 1 N–H and O–H groups in total. The normalized spacial score (nSPS) is 10.9. The van der Waals surface area contributed by atoms with E-state index in [2.05, 4.69) is 10.4 Å². The van der Waals surface area contributed by atoms with Gasteiger partial charge < -0.3 is 14.0 Å². The van der Waals surface area contributed by atoms with E-state index in [9.17, 15) is 0 Å². The lowest BCUT2D eigenvalue weighted by molar-refractivity contribution is 0.265. The van der Waals surface area contributed by atoms with Crippen LogP contribution in [0, 0.1) is 0 Å². The van der Waals surface area contributed by atoms with E-state index in [-0.39, 0.29) is 0 Å². The molecule has 1 aromatic carbocycles. The van der Waals surface area contributed by atoms with Crippen molar-refractivity contribution < 1.29 is 9.47 Å². The number of hydrogen-bond acceptors (Lipinski definition) is 5. The molecule has 0 radical (unpaired) electrons. The van der Waals surface area contributed by atoms with Crippen LogP contribution in [0.2, 0.25) is 0 Å². The molecule has 0 unspecified atom stereocenters. The summed E-state index contributed by atoms with van der Waals surface area (Å²) in [6.45, 7) is 4.67. The first-order valence-electron chi connectivity index (χ1n) is 7.44. The molecule has 0 saturated carbocycles. The van der Waals surface area contributed by atoms with Crippen molar-refractivity contribution in [1.82, 2.24) is 20.0 Å². The second-order valence-corrected chi connectivity index (χ2v) is 5.09. The van der Waals surface area contributed by atoms with Crippen molar-refractivity contribution >= 4 is 0 Å². The van der Waals surface area contributed by atoms with E-state index in [1.165, 1.54) is 0 Å². The smallest absolute Gasteiger partial charge is 0.161 e. The fraction of sp³-hybridized carbons (Fsp3) is 0.438. The Balaban J connectivity index is 1.96. The molecule has 0 amide bonds. The molecular formula is C16H24N4O2. The predicted molar refractivity (Wildman–Crippen MR) is 85.9 cm³/mol. The summed E-state index contributed by atoms with van der Waals surface area (Å²) >= 11 is 0. The van der Waals surface area contributed by atoms with E-state index in [1.807, 2.05) is 55.0 Å². The number of ether oxygens (including phenoxy) is 2. The zero-order chi connectivity index (χ0) is 15.8. The molecular weight excluding hydrogens is 280 g/mol. The summed E-state index contributed by atoms with van der Waals surface area (Å²) in [4.78, 5) is 4.01. The van der Waals surface area contributed by atoms with E-state index in [0.717, 1.165) is 30.2 Å². The molecule has 6 heteroatoms. The minimum Gasteiger partial charge on any atom is -0.490 e. The summed E-state index contributed by atoms with van der Waals surface area (Å²) in [5.74, 6) is 1.56. The Labute approximate surface area is 131 Å². The highest BCUT2D eigenvalue weighted by molar-refractivity contribution is 5.43. The fourth-order valence-electron chi connectivity index (χ4n) is 1.98. The molecule has 2 aromatic rings. The highest BCUT2D eigenvalue weighted by atomic mass is 16.5. The molecule has 0 fully saturated rings. The first-order valence-corrected chi connectivity index (χ1v) is 7.44. The standard InChI is InChI=1S/C16H24N4O2/c1-4-21-16-11-14(12-18-19(2)3)5-6-15(16)22-10-9-20-8-7-17-13-20/h5-8,11,13,18H,4,9-10,12H2,1-3H3. The predicted octanol–water partition coefficient (Wildman–Crippen LogP) is 1.93.